The third-order valence-electron chi connectivity index (χ3n) is 3.05. The van der Waals surface area contributed by atoms with Gasteiger partial charge in [-0.25, -0.2) is 0 Å². The molecule has 2 unspecified atom stereocenters. The van der Waals surface area contributed by atoms with Crippen LogP contribution in [-0.4, -0.2) is 21.7 Å². The molecule has 0 radical (unpaired) electrons. The minimum Gasteiger partial charge on any atom is -0.326 e. The van der Waals surface area contributed by atoms with E-state index in [1.54, 1.807) is 0 Å². The summed E-state index contributed by atoms with van der Waals surface area (Å²) in [6, 6.07) is 0. The van der Waals surface area contributed by atoms with Gasteiger partial charge in [0.2, 0.25) is 5.91 Å². The normalized spacial score (nSPS) is 28.7. The van der Waals surface area contributed by atoms with Crippen LogP contribution in [0.15, 0.2) is 0 Å². The van der Waals surface area contributed by atoms with Crippen molar-refractivity contribution in [3.05, 3.63) is 0 Å². The lowest BCUT2D eigenvalue weighted by Crippen LogP contribution is -2.46. The molecule has 1 aliphatic heterocycles. The van der Waals surface area contributed by atoms with Crippen molar-refractivity contribution in [2.24, 2.45) is 11.3 Å². The summed E-state index contributed by atoms with van der Waals surface area (Å²) in [5, 5.41) is 0.0710. The number of carbonyl (C=O) groups is 1. The van der Waals surface area contributed by atoms with Crippen molar-refractivity contribution in [1.29, 1.82) is 0 Å². The number of amides is 1. The highest BCUT2D eigenvalue weighted by Crippen LogP contribution is 2.41. The maximum atomic E-state index is 12.3. The fraction of sp³-hybridized carbons (Fsp3) is 0.917. The van der Waals surface area contributed by atoms with Crippen molar-refractivity contribution in [1.82, 2.24) is 4.90 Å². The molecule has 0 N–H and O–H groups in total. The minimum absolute atomic E-state index is 0.0397. The Hall–Kier alpha value is -0.180. The van der Waals surface area contributed by atoms with Gasteiger partial charge in [-0.2, -0.15) is 12.6 Å². The van der Waals surface area contributed by atoms with E-state index in [0.29, 0.717) is 0 Å². The van der Waals surface area contributed by atoms with Gasteiger partial charge in [-0.3, -0.25) is 4.79 Å². The molecule has 0 saturated carbocycles. The second kappa shape index (κ2) is 3.69. The first-order chi connectivity index (χ1) is 6.55. The van der Waals surface area contributed by atoms with Crippen LogP contribution in [-0.2, 0) is 4.79 Å². The Balaban J connectivity index is 2.94. The van der Waals surface area contributed by atoms with Crippen LogP contribution in [0.1, 0.15) is 48.0 Å². The van der Waals surface area contributed by atoms with E-state index >= 15 is 0 Å². The molecule has 0 aliphatic carbocycles. The predicted molar refractivity (Wildman–Crippen MR) is 66.9 cm³/mol. The van der Waals surface area contributed by atoms with E-state index in [4.69, 9.17) is 0 Å². The van der Waals surface area contributed by atoms with Crippen LogP contribution in [0.5, 0.6) is 0 Å². The van der Waals surface area contributed by atoms with Gasteiger partial charge in [0.25, 0.3) is 0 Å². The Morgan fingerprint density at radius 3 is 1.87 bits per heavy atom. The van der Waals surface area contributed by atoms with E-state index in [2.05, 4.69) is 54.2 Å². The lowest BCUT2D eigenvalue weighted by molar-refractivity contribution is -0.137. The zero-order valence-electron chi connectivity index (χ0n) is 10.7. The molecule has 2 atom stereocenters. The molecule has 1 heterocycles. The first kappa shape index (κ1) is 12.9. The van der Waals surface area contributed by atoms with E-state index < -0.39 is 0 Å². The highest BCUT2D eigenvalue weighted by Gasteiger charge is 2.47. The SMILES string of the molecule is CC(C)(C)C1CC(S)N(C(C)(C)C)C1=O. The number of rotatable bonds is 0. The third-order valence-corrected chi connectivity index (χ3v) is 3.49. The van der Waals surface area contributed by atoms with Crippen LogP contribution < -0.4 is 0 Å². The van der Waals surface area contributed by atoms with Crippen LogP contribution in [0.3, 0.4) is 0 Å². The Morgan fingerprint density at radius 2 is 1.67 bits per heavy atom. The average Bonchev–Trinajstić information content (AvgIpc) is 2.22. The number of likely N-dealkylation sites (tertiary alicyclic amines) is 1. The second-order valence-corrected chi connectivity index (χ2v) is 7.11. The molecular weight excluding hydrogens is 206 g/mol. The van der Waals surface area contributed by atoms with Crippen molar-refractivity contribution in [2.45, 2.75) is 58.9 Å². The summed E-state index contributed by atoms with van der Waals surface area (Å²) in [6.45, 7) is 12.6. The molecule has 0 aromatic rings. The Morgan fingerprint density at radius 1 is 1.20 bits per heavy atom. The summed E-state index contributed by atoms with van der Waals surface area (Å²) in [5.41, 5.74) is -0.0818. The predicted octanol–water partition coefficient (Wildman–Crippen LogP) is 2.94. The molecular formula is C12H23NOS. The van der Waals surface area contributed by atoms with Gasteiger partial charge in [-0.1, -0.05) is 20.8 Å². The summed E-state index contributed by atoms with van der Waals surface area (Å²) in [4.78, 5) is 14.2. The summed E-state index contributed by atoms with van der Waals surface area (Å²) in [7, 11) is 0. The number of thiol groups is 1. The molecule has 0 bridgehead atoms. The van der Waals surface area contributed by atoms with Crippen LogP contribution in [0, 0.1) is 11.3 Å². The van der Waals surface area contributed by atoms with Gasteiger partial charge in [0.05, 0.1) is 5.37 Å². The van der Waals surface area contributed by atoms with Crippen molar-refractivity contribution >= 4 is 18.5 Å². The van der Waals surface area contributed by atoms with E-state index in [1.165, 1.54) is 0 Å². The molecule has 1 rings (SSSR count). The van der Waals surface area contributed by atoms with Gasteiger partial charge in [0, 0.05) is 11.5 Å². The maximum Gasteiger partial charge on any atom is 0.227 e. The Labute approximate surface area is 98.8 Å². The van der Waals surface area contributed by atoms with Gasteiger partial charge < -0.3 is 4.90 Å². The van der Waals surface area contributed by atoms with Crippen LogP contribution in [0.25, 0.3) is 0 Å². The van der Waals surface area contributed by atoms with Crippen molar-refractivity contribution in [3.63, 3.8) is 0 Å². The summed E-state index contributed by atoms with van der Waals surface area (Å²) in [6.07, 6.45) is 0.864. The number of hydrogen-bond acceptors (Lipinski definition) is 2. The summed E-state index contributed by atoms with van der Waals surface area (Å²) >= 11 is 4.54. The van der Waals surface area contributed by atoms with E-state index in [1.807, 2.05) is 4.90 Å². The lowest BCUT2D eigenvalue weighted by Gasteiger charge is -2.36. The van der Waals surface area contributed by atoms with Crippen LogP contribution in [0.2, 0.25) is 0 Å². The summed E-state index contributed by atoms with van der Waals surface area (Å²) in [5.74, 6) is 0.370. The molecule has 2 nitrogen and oxygen atoms in total. The van der Waals surface area contributed by atoms with Gasteiger partial charge in [0.1, 0.15) is 0 Å². The van der Waals surface area contributed by atoms with Crippen LogP contribution in [0.4, 0.5) is 0 Å². The Kier molecular flexibility index (Phi) is 3.17. The van der Waals surface area contributed by atoms with Crippen molar-refractivity contribution in [2.75, 3.05) is 0 Å². The smallest absolute Gasteiger partial charge is 0.227 e. The van der Waals surface area contributed by atoms with Crippen molar-refractivity contribution in [3.8, 4) is 0 Å². The third kappa shape index (κ3) is 2.49. The molecule has 1 amide bonds. The molecule has 3 heteroatoms. The van der Waals surface area contributed by atoms with E-state index in [9.17, 15) is 4.79 Å². The van der Waals surface area contributed by atoms with Gasteiger partial charge in [0.15, 0.2) is 0 Å². The first-order valence-electron chi connectivity index (χ1n) is 5.56. The minimum atomic E-state index is -0.122. The standard InChI is InChI=1S/C12H23NOS/c1-11(2,3)8-7-9(15)13(10(8)14)12(4,5)6/h8-9,15H,7H2,1-6H3. The first-order valence-corrected chi connectivity index (χ1v) is 6.08. The lowest BCUT2D eigenvalue weighted by atomic mass is 9.80. The van der Waals surface area contributed by atoms with E-state index in [0.717, 1.165) is 6.42 Å². The molecule has 88 valence electrons. The topological polar surface area (TPSA) is 20.3 Å². The number of nitrogens with zero attached hydrogens (tertiary/aromatic N) is 1. The zero-order chi connectivity index (χ0) is 12.0. The zero-order valence-corrected chi connectivity index (χ0v) is 11.6. The molecule has 1 saturated heterocycles. The van der Waals surface area contributed by atoms with Gasteiger partial charge in [-0.05, 0) is 32.6 Å². The van der Waals surface area contributed by atoms with Gasteiger partial charge in [-0.15, -0.1) is 0 Å². The monoisotopic (exact) mass is 229 g/mol. The second-order valence-electron chi connectivity index (χ2n) is 6.51. The Bertz CT molecular complexity index is 262. The highest BCUT2D eigenvalue weighted by atomic mass is 32.1. The van der Waals surface area contributed by atoms with E-state index in [-0.39, 0.29) is 28.2 Å². The van der Waals surface area contributed by atoms with Crippen molar-refractivity contribution < 1.29 is 4.79 Å². The fourth-order valence-corrected chi connectivity index (χ4v) is 2.90. The summed E-state index contributed by atoms with van der Waals surface area (Å²) < 4.78 is 0. The molecule has 0 aromatic carbocycles. The molecule has 0 spiro atoms. The maximum absolute atomic E-state index is 12.3. The number of carbonyl (C=O) groups excluding carboxylic acids is 1. The molecule has 15 heavy (non-hydrogen) atoms. The quantitative estimate of drug-likeness (QED) is 0.633. The fourth-order valence-electron chi connectivity index (χ4n) is 2.23. The van der Waals surface area contributed by atoms with Crippen LogP contribution >= 0.6 is 12.6 Å². The molecule has 0 aromatic heterocycles. The van der Waals surface area contributed by atoms with Gasteiger partial charge >= 0.3 is 0 Å². The highest BCUT2D eigenvalue weighted by molar-refractivity contribution is 7.80. The largest absolute Gasteiger partial charge is 0.326 e. The molecule has 1 fully saturated rings. The number of hydrogen-bond donors (Lipinski definition) is 1. The molecule has 1 aliphatic rings. The average molecular weight is 229 g/mol.